The minimum Gasteiger partial charge on any atom is -0.496 e. The third-order valence-corrected chi connectivity index (χ3v) is 2.78. The molecule has 0 heterocycles. The zero-order valence-corrected chi connectivity index (χ0v) is 10.9. The van der Waals surface area contributed by atoms with E-state index in [1.165, 1.54) is 25.3 Å². The Morgan fingerprint density at radius 3 is 2.53 bits per heavy atom. The van der Waals surface area contributed by atoms with Crippen LogP contribution in [-0.2, 0) is 0 Å². The maximum absolute atomic E-state index is 13.7. The normalized spacial score (nSPS) is 10.1. The number of ether oxygens (including phenoxy) is 1. The average Bonchev–Trinajstić information content (AvgIpc) is 2.40. The van der Waals surface area contributed by atoms with Crippen molar-refractivity contribution in [3.05, 3.63) is 58.9 Å². The van der Waals surface area contributed by atoms with E-state index < -0.39 is 11.7 Å². The van der Waals surface area contributed by atoms with Gasteiger partial charge in [0.1, 0.15) is 17.1 Å². The molecule has 0 aromatic heterocycles. The highest BCUT2D eigenvalue weighted by molar-refractivity contribution is 6.30. The van der Waals surface area contributed by atoms with Gasteiger partial charge in [-0.2, -0.15) is 0 Å². The number of anilines is 1. The first kappa shape index (κ1) is 13.4. The fraction of sp³-hybridized carbons (Fsp3) is 0.0714. The van der Waals surface area contributed by atoms with Crippen molar-refractivity contribution < 1.29 is 13.9 Å². The number of hydrogen-bond acceptors (Lipinski definition) is 2. The van der Waals surface area contributed by atoms with E-state index in [9.17, 15) is 9.18 Å². The third-order valence-electron chi connectivity index (χ3n) is 2.52. The standard InChI is InChI=1S/C14H11ClFNO2/c1-19-12-4-2-3-11(16)13(12)14(18)17-10-7-5-9(15)6-8-10/h2-8H,1H3,(H,17,18). The summed E-state index contributed by atoms with van der Waals surface area (Å²) >= 11 is 5.75. The molecule has 0 saturated heterocycles. The van der Waals surface area contributed by atoms with Gasteiger partial charge in [0.25, 0.3) is 5.91 Å². The molecule has 3 nitrogen and oxygen atoms in total. The lowest BCUT2D eigenvalue weighted by Crippen LogP contribution is -2.15. The van der Waals surface area contributed by atoms with Gasteiger partial charge in [0.05, 0.1) is 7.11 Å². The summed E-state index contributed by atoms with van der Waals surface area (Å²) < 4.78 is 18.7. The van der Waals surface area contributed by atoms with Crippen molar-refractivity contribution in [2.24, 2.45) is 0 Å². The third kappa shape index (κ3) is 3.03. The summed E-state index contributed by atoms with van der Waals surface area (Å²) in [6, 6.07) is 10.7. The lowest BCUT2D eigenvalue weighted by molar-refractivity contribution is 0.102. The molecule has 2 aromatic rings. The first-order chi connectivity index (χ1) is 9.11. The van der Waals surface area contributed by atoms with E-state index >= 15 is 0 Å². The van der Waals surface area contributed by atoms with Crippen LogP contribution in [0.25, 0.3) is 0 Å². The molecule has 2 aromatic carbocycles. The van der Waals surface area contributed by atoms with Crippen LogP contribution in [0.15, 0.2) is 42.5 Å². The molecule has 0 aliphatic heterocycles. The summed E-state index contributed by atoms with van der Waals surface area (Å²) in [6.45, 7) is 0. The highest BCUT2D eigenvalue weighted by Crippen LogP contribution is 2.23. The monoisotopic (exact) mass is 279 g/mol. The summed E-state index contributed by atoms with van der Waals surface area (Å²) in [4.78, 5) is 12.0. The van der Waals surface area contributed by atoms with Gasteiger partial charge in [-0.1, -0.05) is 17.7 Å². The second-order valence-corrected chi connectivity index (χ2v) is 4.21. The van der Waals surface area contributed by atoms with E-state index in [4.69, 9.17) is 16.3 Å². The summed E-state index contributed by atoms with van der Waals surface area (Å²) in [5, 5.41) is 3.14. The van der Waals surface area contributed by atoms with Crippen LogP contribution in [0.5, 0.6) is 5.75 Å². The van der Waals surface area contributed by atoms with Crippen molar-refractivity contribution >= 4 is 23.2 Å². The molecule has 0 atom stereocenters. The van der Waals surface area contributed by atoms with Gasteiger partial charge in [-0.05, 0) is 36.4 Å². The molecule has 0 spiro atoms. The molecular weight excluding hydrogens is 269 g/mol. The maximum Gasteiger partial charge on any atom is 0.262 e. The van der Waals surface area contributed by atoms with Crippen molar-refractivity contribution in [2.45, 2.75) is 0 Å². The number of hydrogen-bond donors (Lipinski definition) is 1. The number of halogens is 2. The number of carbonyl (C=O) groups excluding carboxylic acids is 1. The van der Waals surface area contributed by atoms with Crippen LogP contribution in [0.1, 0.15) is 10.4 Å². The van der Waals surface area contributed by atoms with Crippen LogP contribution in [0.3, 0.4) is 0 Å². The molecule has 19 heavy (non-hydrogen) atoms. The summed E-state index contributed by atoms with van der Waals surface area (Å²) in [6.07, 6.45) is 0. The van der Waals surface area contributed by atoms with Gasteiger partial charge in [0, 0.05) is 10.7 Å². The van der Waals surface area contributed by atoms with Gasteiger partial charge in [-0.25, -0.2) is 4.39 Å². The lowest BCUT2D eigenvalue weighted by atomic mass is 10.1. The number of nitrogens with one attached hydrogen (secondary N) is 1. The SMILES string of the molecule is COc1cccc(F)c1C(=O)Nc1ccc(Cl)cc1. The van der Waals surface area contributed by atoms with Crippen LogP contribution in [0.2, 0.25) is 5.02 Å². The van der Waals surface area contributed by atoms with E-state index in [0.29, 0.717) is 10.7 Å². The topological polar surface area (TPSA) is 38.3 Å². The van der Waals surface area contributed by atoms with Crippen LogP contribution >= 0.6 is 11.6 Å². The molecule has 0 aliphatic rings. The number of rotatable bonds is 3. The molecule has 0 radical (unpaired) electrons. The number of methoxy groups -OCH3 is 1. The van der Waals surface area contributed by atoms with Crippen LogP contribution < -0.4 is 10.1 Å². The van der Waals surface area contributed by atoms with Crippen LogP contribution in [-0.4, -0.2) is 13.0 Å². The molecular formula is C14H11ClFNO2. The second-order valence-electron chi connectivity index (χ2n) is 3.78. The Morgan fingerprint density at radius 2 is 1.89 bits per heavy atom. The predicted molar refractivity (Wildman–Crippen MR) is 72.4 cm³/mol. The molecule has 2 rings (SSSR count). The molecule has 1 amide bonds. The van der Waals surface area contributed by atoms with Gasteiger partial charge in [0.15, 0.2) is 0 Å². The fourth-order valence-electron chi connectivity index (χ4n) is 1.62. The Labute approximate surface area is 115 Å². The fourth-order valence-corrected chi connectivity index (χ4v) is 1.75. The highest BCUT2D eigenvalue weighted by Gasteiger charge is 2.17. The Balaban J connectivity index is 2.27. The van der Waals surface area contributed by atoms with E-state index in [1.54, 1.807) is 24.3 Å². The molecule has 98 valence electrons. The Kier molecular flexibility index (Phi) is 4.02. The molecule has 1 N–H and O–H groups in total. The Morgan fingerprint density at radius 1 is 1.21 bits per heavy atom. The summed E-state index contributed by atoms with van der Waals surface area (Å²) in [7, 11) is 1.38. The molecule has 0 fully saturated rings. The van der Waals surface area contributed by atoms with Gasteiger partial charge in [-0.3, -0.25) is 4.79 Å². The molecule has 0 bridgehead atoms. The van der Waals surface area contributed by atoms with Crippen LogP contribution in [0.4, 0.5) is 10.1 Å². The first-order valence-corrected chi connectivity index (χ1v) is 5.89. The van der Waals surface area contributed by atoms with Crippen molar-refractivity contribution in [1.82, 2.24) is 0 Å². The number of amides is 1. The van der Waals surface area contributed by atoms with Gasteiger partial charge in [0.2, 0.25) is 0 Å². The van der Waals surface area contributed by atoms with Gasteiger partial charge >= 0.3 is 0 Å². The highest BCUT2D eigenvalue weighted by atomic mass is 35.5. The number of carbonyl (C=O) groups is 1. The zero-order chi connectivity index (χ0) is 13.8. The zero-order valence-electron chi connectivity index (χ0n) is 10.1. The van der Waals surface area contributed by atoms with Gasteiger partial charge < -0.3 is 10.1 Å². The van der Waals surface area contributed by atoms with E-state index in [-0.39, 0.29) is 11.3 Å². The quantitative estimate of drug-likeness (QED) is 0.929. The predicted octanol–water partition coefficient (Wildman–Crippen LogP) is 3.74. The van der Waals surface area contributed by atoms with E-state index in [1.807, 2.05) is 0 Å². The largest absolute Gasteiger partial charge is 0.496 e. The van der Waals surface area contributed by atoms with E-state index in [0.717, 1.165) is 0 Å². The maximum atomic E-state index is 13.7. The van der Waals surface area contributed by atoms with Gasteiger partial charge in [-0.15, -0.1) is 0 Å². The van der Waals surface area contributed by atoms with Crippen molar-refractivity contribution in [1.29, 1.82) is 0 Å². The molecule has 0 unspecified atom stereocenters. The van der Waals surface area contributed by atoms with Crippen molar-refractivity contribution in [2.75, 3.05) is 12.4 Å². The molecule has 5 heteroatoms. The van der Waals surface area contributed by atoms with Crippen molar-refractivity contribution in [3.63, 3.8) is 0 Å². The summed E-state index contributed by atoms with van der Waals surface area (Å²) in [5.41, 5.74) is 0.402. The first-order valence-electron chi connectivity index (χ1n) is 5.51. The van der Waals surface area contributed by atoms with Crippen molar-refractivity contribution in [3.8, 4) is 5.75 Å². The number of benzene rings is 2. The average molecular weight is 280 g/mol. The lowest BCUT2D eigenvalue weighted by Gasteiger charge is -2.10. The minimum absolute atomic E-state index is 0.125. The Hall–Kier alpha value is -2.07. The smallest absolute Gasteiger partial charge is 0.262 e. The molecule has 0 aliphatic carbocycles. The Bertz CT molecular complexity index is 599. The van der Waals surface area contributed by atoms with Crippen LogP contribution in [0, 0.1) is 5.82 Å². The molecule has 0 saturated carbocycles. The van der Waals surface area contributed by atoms with E-state index in [2.05, 4.69) is 5.32 Å². The minimum atomic E-state index is -0.634. The second kappa shape index (κ2) is 5.71. The summed E-state index contributed by atoms with van der Waals surface area (Å²) in [5.74, 6) is -1.02.